The number of nitrogens with zero attached hydrogens (tertiary/aromatic N) is 3. The molecule has 1 fully saturated rings. The van der Waals surface area contributed by atoms with Gasteiger partial charge < -0.3 is 19.9 Å². The van der Waals surface area contributed by atoms with Gasteiger partial charge in [-0.25, -0.2) is 4.39 Å². The Balaban J connectivity index is 1.29. The van der Waals surface area contributed by atoms with Crippen molar-refractivity contribution in [2.24, 2.45) is 0 Å². The van der Waals surface area contributed by atoms with Crippen LogP contribution >= 0.6 is 0 Å². The first-order valence-electron chi connectivity index (χ1n) is 12.6. The van der Waals surface area contributed by atoms with Gasteiger partial charge in [0.05, 0.1) is 24.5 Å². The van der Waals surface area contributed by atoms with E-state index in [1.807, 2.05) is 12.1 Å². The number of Topliss-reactive ketones (excluding diaryl/α,β-unsaturated/α-hetero) is 1. The van der Waals surface area contributed by atoms with Crippen molar-refractivity contribution < 1.29 is 28.3 Å². The summed E-state index contributed by atoms with van der Waals surface area (Å²) in [6.07, 6.45) is 0. The van der Waals surface area contributed by atoms with Gasteiger partial charge >= 0.3 is 0 Å². The number of para-hydroxylation sites is 1. The first kappa shape index (κ1) is 26.1. The van der Waals surface area contributed by atoms with Gasteiger partial charge in [0.15, 0.2) is 0 Å². The number of ketones is 1. The molecular formula is C29H27FN4O5. The number of halogens is 1. The first-order chi connectivity index (χ1) is 18.9. The molecule has 3 aromatic rings. The van der Waals surface area contributed by atoms with E-state index < -0.39 is 35.9 Å². The summed E-state index contributed by atoms with van der Waals surface area (Å²) in [4.78, 5) is 55.9. The van der Waals surface area contributed by atoms with Gasteiger partial charge in [-0.1, -0.05) is 24.3 Å². The third-order valence-electron chi connectivity index (χ3n) is 6.67. The van der Waals surface area contributed by atoms with E-state index in [9.17, 15) is 23.6 Å². The third-order valence-corrected chi connectivity index (χ3v) is 6.67. The van der Waals surface area contributed by atoms with Crippen molar-refractivity contribution in [3.63, 3.8) is 0 Å². The van der Waals surface area contributed by atoms with E-state index in [0.29, 0.717) is 30.2 Å². The Kier molecular flexibility index (Phi) is 7.64. The van der Waals surface area contributed by atoms with Crippen LogP contribution in [0.25, 0.3) is 0 Å². The molecule has 0 aromatic heterocycles. The van der Waals surface area contributed by atoms with Crippen molar-refractivity contribution in [2.45, 2.75) is 6.54 Å². The fraction of sp³-hybridized carbons (Fsp3) is 0.241. The van der Waals surface area contributed by atoms with E-state index in [1.165, 1.54) is 35.2 Å². The van der Waals surface area contributed by atoms with Gasteiger partial charge in [-0.15, -0.1) is 0 Å². The van der Waals surface area contributed by atoms with Crippen molar-refractivity contribution in [1.29, 1.82) is 0 Å². The first-order valence-corrected chi connectivity index (χ1v) is 12.6. The van der Waals surface area contributed by atoms with Gasteiger partial charge in [0.1, 0.15) is 18.9 Å². The van der Waals surface area contributed by atoms with Gasteiger partial charge in [0.25, 0.3) is 11.7 Å². The highest BCUT2D eigenvalue weighted by molar-refractivity contribution is 6.52. The number of nitrogens with one attached hydrogen (secondary N) is 1. The summed E-state index contributed by atoms with van der Waals surface area (Å²) in [7, 11) is 0. The van der Waals surface area contributed by atoms with Gasteiger partial charge in [-0.2, -0.15) is 0 Å². The van der Waals surface area contributed by atoms with Crippen LogP contribution < -0.4 is 15.1 Å². The summed E-state index contributed by atoms with van der Waals surface area (Å²) in [6, 6.07) is 19.5. The number of hydrogen-bond donors (Lipinski definition) is 1. The molecule has 3 aromatic carbocycles. The Labute approximate surface area is 224 Å². The number of morpholine rings is 1. The SMILES string of the molecule is O=C(CN(Cc1ccc(F)cc1)C(=O)CN1C(=O)C(=O)c2ccccc21)Nc1ccc(N2CCOCC2)cc1. The maximum atomic E-state index is 13.4. The Morgan fingerprint density at radius 2 is 1.62 bits per heavy atom. The molecule has 0 aliphatic carbocycles. The smallest absolute Gasteiger partial charge is 0.299 e. The van der Waals surface area contributed by atoms with E-state index in [-0.39, 0.29) is 18.7 Å². The topological polar surface area (TPSA) is 99.3 Å². The number of carbonyl (C=O) groups is 4. The molecule has 0 radical (unpaired) electrons. The molecule has 2 aliphatic heterocycles. The van der Waals surface area contributed by atoms with Gasteiger partial charge in [0.2, 0.25) is 11.8 Å². The lowest BCUT2D eigenvalue weighted by molar-refractivity contribution is -0.134. The van der Waals surface area contributed by atoms with Gasteiger partial charge in [0, 0.05) is 31.0 Å². The molecule has 1 saturated heterocycles. The van der Waals surface area contributed by atoms with E-state index >= 15 is 0 Å². The second-order valence-corrected chi connectivity index (χ2v) is 9.31. The highest BCUT2D eigenvalue weighted by atomic mass is 19.1. The van der Waals surface area contributed by atoms with Crippen molar-refractivity contribution in [2.75, 3.05) is 54.5 Å². The summed E-state index contributed by atoms with van der Waals surface area (Å²) in [5.74, 6) is -2.87. The molecule has 3 amide bonds. The molecule has 0 unspecified atom stereocenters. The summed E-state index contributed by atoms with van der Waals surface area (Å²) in [6.45, 7) is 2.21. The van der Waals surface area contributed by atoms with Crippen molar-refractivity contribution in [1.82, 2.24) is 4.90 Å². The second-order valence-electron chi connectivity index (χ2n) is 9.31. The average Bonchev–Trinajstić information content (AvgIpc) is 3.19. The molecule has 0 atom stereocenters. The Morgan fingerprint density at radius 1 is 0.923 bits per heavy atom. The van der Waals surface area contributed by atoms with Crippen LogP contribution in [-0.4, -0.2) is 67.8 Å². The van der Waals surface area contributed by atoms with Crippen LogP contribution in [0.3, 0.4) is 0 Å². The molecule has 2 heterocycles. The van der Waals surface area contributed by atoms with Gasteiger partial charge in [-0.3, -0.25) is 24.1 Å². The molecule has 2 aliphatic rings. The molecule has 0 spiro atoms. The summed E-state index contributed by atoms with van der Waals surface area (Å²) in [5, 5.41) is 2.81. The Hall–Kier alpha value is -4.57. The minimum Gasteiger partial charge on any atom is -0.378 e. The monoisotopic (exact) mass is 530 g/mol. The quantitative estimate of drug-likeness (QED) is 0.450. The van der Waals surface area contributed by atoms with Crippen LogP contribution in [-0.2, 0) is 25.7 Å². The Morgan fingerprint density at radius 3 is 2.33 bits per heavy atom. The zero-order valence-corrected chi connectivity index (χ0v) is 21.1. The summed E-state index contributed by atoms with van der Waals surface area (Å²) >= 11 is 0. The van der Waals surface area contributed by atoms with E-state index in [0.717, 1.165) is 23.7 Å². The highest BCUT2D eigenvalue weighted by Gasteiger charge is 2.37. The normalized spacial score (nSPS) is 14.8. The molecular weight excluding hydrogens is 503 g/mol. The number of anilines is 3. The molecule has 9 nitrogen and oxygen atoms in total. The largest absolute Gasteiger partial charge is 0.378 e. The predicted molar refractivity (Wildman–Crippen MR) is 143 cm³/mol. The zero-order chi connectivity index (χ0) is 27.4. The number of rotatable bonds is 8. The van der Waals surface area contributed by atoms with E-state index in [4.69, 9.17) is 4.74 Å². The minimum atomic E-state index is -0.795. The lowest BCUT2D eigenvalue weighted by Crippen LogP contribution is -2.45. The standard InChI is InChI=1S/C29H27FN4O5/c30-21-7-5-20(6-8-21)17-33(27(36)19-34-25-4-2-1-3-24(25)28(37)29(34)38)18-26(35)31-22-9-11-23(12-10-22)32-13-15-39-16-14-32/h1-12H,13-19H2,(H,31,35). The van der Waals surface area contributed by atoms with E-state index in [1.54, 1.807) is 30.3 Å². The zero-order valence-electron chi connectivity index (χ0n) is 21.1. The van der Waals surface area contributed by atoms with Crippen LogP contribution in [0, 0.1) is 5.82 Å². The highest BCUT2D eigenvalue weighted by Crippen LogP contribution is 2.28. The fourth-order valence-electron chi connectivity index (χ4n) is 4.63. The maximum absolute atomic E-state index is 13.4. The molecule has 1 N–H and O–H groups in total. The molecule has 0 bridgehead atoms. The number of carbonyl (C=O) groups excluding carboxylic acids is 4. The van der Waals surface area contributed by atoms with Crippen LogP contribution in [0.2, 0.25) is 0 Å². The third kappa shape index (κ3) is 5.96. The lowest BCUT2D eigenvalue weighted by atomic mass is 10.1. The number of ether oxygens (including phenoxy) is 1. The minimum absolute atomic E-state index is 0.0140. The lowest BCUT2D eigenvalue weighted by Gasteiger charge is -2.29. The van der Waals surface area contributed by atoms with Crippen LogP contribution in [0.4, 0.5) is 21.5 Å². The molecule has 200 valence electrons. The predicted octanol–water partition coefficient (Wildman–Crippen LogP) is 2.86. The average molecular weight is 531 g/mol. The summed E-state index contributed by atoms with van der Waals surface area (Å²) in [5.41, 5.74) is 2.79. The van der Waals surface area contributed by atoms with Crippen molar-refractivity contribution >= 4 is 40.6 Å². The molecule has 10 heteroatoms. The van der Waals surface area contributed by atoms with Crippen LogP contribution in [0.15, 0.2) is 72.8 Å². The number of benzene rings is 3. The maximum Gasteiger partial charge on any atom is 0.299 e. The number of hydrogen-bond acceptors (Lipinski definition) is 6. The van der Waals surface area contributed by atoms with Crippen LogP contribution in [0.5, 0.6) is 0 Å². The van der Waals surface area contributed by atoms with Crippen molar-refractivity contribution in [3.8, 4) is 0 Å². The van der Waals surface area contributed by atoms with Gasteiger partial charge in [-0.05, 0) is 54.1 Å². The fourth-order valence-corrected chi connectivity index (χ4v) is 4.63. The van der Waals surface area contributed by atoms with Crippen LogP contribution in [0.1, 0.15) is 15.9 Å². The molecule has 0 saturated carbocycles. The molecule has 39 heavy (non-hydrogen) atoms. The van der Waals surface area contributed by atoms with Crippen molar-refractivity contribution in [3.05, 3.63) is 89.7 Å². The number of amides is 3. The summed E-state index contributed by atoms with van der Waals surface area (Å²) < 4.78 is 18.8. The molecule has 5 rings (SSSR count). The second kappa shape index (κ2) is 11.4. The van der Waals surface area contributed by atoms with E-state index in [2.05, 4.69) is 10.2 Å². The number of fused-ring (bicyclic) bond motifs is 1. The Bertz CT molecular complexity index is 1390.